The van der Waals surface area contributed by atoms with Crippen LogP contribution in [0.25, 0.3) is 0 Å². The lowest BCUT2D eigenvalue weighted by atomic mass is 9.85. The predicted molar refractivity (Wildman–Crippen MR) is 187 cm³/mol. The Bertz CT molecular complexity index is 1410. The van der Waals surface area contributed by atoms with Crippen molar-refractivity contribution in [2.75, 3.05) is 19.7 Å². The lowest BCUT2D eigenvalue weighted by Gasteiger charge is -2.38. The highest BCUT2D eigenvalue weighted by atomic mass is 16.7. The lowest BCUT2D eigenvalue weighted by molar-refractivity contribution is -0.145. The third-order valence-electron chi connectivity index (χ3n) is 9.69. The Labute approximate surface area is 295 Å². The molecule has 13 heteroatoms. The molecule has 2 fully saturated rings. The molecule has 0 aromatic heterocycles. The molecule has 0 spiro atoms. The van der Waals surface area contributed by atoms with Gasteiger partial charge in [0.15, 0.2) is 0 Å². The van der Waals surface area contributed by atoms with Crippen molar-refractivity contribution in [1.29, 1.82) is 0 Å². The second kappa shape index (κ2) is 17.0. The van der Waals surface area contributed by atoms with Crippen LogP contribution in [0.4, 0.5) is 9.59 Å². The first kappa shape index (κ1) is 40.0. The average Bonchev–Trinajstić information content (AvgIpc) is 3.36. The van der Waals surface area contributed by atoms with E-state index >= 15 is 0 Å². The molecule has 13 nitrogen and oxygen atoms in total. The van der Waals surface area contributed by atoms with Crippen LogP contribution in [0.3, 0.4) is 0 Å². The van der Waals surface area contributed by atoms with Crippen LogP contribution in [0, 0.1) is 28.6 Å². The van der Waals surface area contributed by atoms with Gasteiger partial charge in [-0.25, -0.2) is 9.59 Å². The number of Topliss-reactive ketones (excluding diaryl/α,β-unsaturated/α-hetero) is 1. The SMILES string of the molecule is C=CCNC(=O)C(=O)C(CCC)NC(=O)[C@@H]1[C@@H]2[C@H](CN1C(=O)[C@@H](NC(=O)N[C@H](COC(=O)OCc1ccccc1)C(C)C)C(C)(C)C)C2(C)C. The third kappa shape index (κ3) is 10.1. The summed E-state index contributed by atoms with van der Waals surface area (Å²) in [5.74, 6) is -2.75. The molecule has 4 N–H and O–H groups in total. The quantitative estimate of drug-likeness (QED) is 0.115. The minimum Gasteiger partial charge on any atom is -0.432 e. The Hall–Kier alpha value is -4.42. The van der Waals surface area contributed by atoms with E-state index in [4.69, 9.17) is 9.47 Å². The van der Waals surface area contributed by atoms with Gasteiger partial charge in [-0.15, -0.1) is 6.58 Å². The smallest absolute Gasteiger partial charge is 0.432 e. The molecule has 1 heterocycles. The van der Waals surface area contributed by atoms with E-state index in [1.807, 2.05) is 85.7 Å². The highest BCUT2D eigenvalue weighted by molar-refractivity contribution is 6.38. The second-order valence-corrected chi connectivity index (χ2v) is 15.2. The van der Waals surface area contributed by atoms with Crippen LogP contribution in [-0.4, -0.2) is 84.5 Å². The van der Waals surface area contributed by atoms with Gasteiger partial charge in [0.1, 0.15) is 25.3 Å². The summed E-state index contributed by atoms with van der Waals surface area (Å²) in [6.45, 7) is 18.9. The summed E-state index contributed by atoms with van der Waals surface area (Å²) in [7, 11) is 0. The van der Waals surface area contributed by atoms with Crippen molar-refractivity contribution in [2.24, 2.45) is 28.6 Å². The normalized spacial score (nSPS) is 20.7. The summed E-state index contributed by atoms with van der Waals surface area (Å²) in [6.07, 6.45) is 1.38. The van der Waals surface area contributed by atoms with Crippen molar-refractivity contribution >= 4 is 35.7 Å². The van der Waals surface area contributed by atoms with E-state index in [0.29, 0.717) is 13.0 Å². The summed E-state index contributed by atoms with van der Waals surface area (Å²) in [6, 6.07) is 4.96. The number of nitrogens with one attached hydrogen (secondary N) is 4. The molecule has 1 saturated heterocycles. The van der Waals surface area contributed by atoms with Crippen molar-refractivity contribution in [2.45, 2.75) is 99.0 Å². The molecule has 0 bridgehead atoms. The Morgan fingerprint density at radius 3 is 2.26 bits per heavy atom. The molecule has 0 radical (unpaired) electrons. The number of benzene rings is 1. The van der Waals surface area contributed by atoms with E-state index in [1.165, 1.54) is 11.0 Å². The number of rotatable bonds is 16. The number of nitrogens with zero attached hydrogens (tertiary/aromatic N) is 1. The number of urea groups is 1. The van der Waals surface area contributed by atoms with E-state index in [2.05, 4.69) is 27.8 Å². The molecule has 276 valence electrons. The van der Waals surface area contributed by atoms with Crippen LogP contribution >= 0.6 is 0 Å². The number of ketones is 1. The number of piperidine rings is 1. The van der Waals surface area contributed by atoms with Gasteiger partial charge in [-0.05, 0) is 40.6 Å². The molecule has 50 heavy (non-hydrogen) atoms. The number of likely N-dealkylation sites (tertiary alicyclic amines) is 1. The van der Waals surface area contributed by atoms with E-state index in [9.17, 15) is 28.8 Å². The summed E-state index contributed by atoms with van der Waals surface area (Å²) in [4.78, 5) is 80.8. The maximum Gasteiger partial charge on any atom is 0.508 e. The number of fused-ring (bicyclic) bond motifs is 1. The fourth-order valence-electron chi connectivity index (χ4n) is 6.51. The van der Waals surface area contributed by atoms with Gasteiger partial charge in [0.05, 0.1) is 12.1 Å². The number of ether oxygens (including phenoxy) is 2. The van der Waals surface area contributed by atoms with Crippen molar-refractivity contribution in [3.05, 3.63) is 48.6 Å². The highest BCUT2D eigenvalue weighted by Gasteiger charge is 2.70. The Morgan fingerprint density at radius 1 is 1.02 bits per heavy atom. The zero-order valence-corrected chi connectivity index (χ0v) is 30.7. The Balaban J connectivity index is 1.71. The fourth-order valence-corrected chi connectivity index (χ4v) is 6.51. The number of hydrogen-bond donors (Lipinski definition) is 4. The van der Waals surface area contributed by atoms with Crippen molar-refractivity contribution < 1.29 is 38.2 Å². The van der Waals surface area contributed by atoms with Crippen LogP contribution in [0.2, 0.25) is 0 Å². The Morgan fingerprint density at radius 2 is 1.68 bits per heavy atom. The second-order valence-electron chi connectivity index (χ2n) is 15.2. The fraction of sp³-hybridized carbons (Fsp3) is 0.622. The summed E-state index contributed by atoms with van der Waals surface area (Å²) < 4.78 is 10.5. The van der Waals surface area contributed by atoms with Crippen molar-refractivity contribution in [3.63, 3.8) is 0 Å². The van der Waals surface area contributed by atoms with Gasteiger partial charge in [0.2, 0.25) is 17.6 Å². The number of carbonyl (C=O) groups is 6. The third-order valence-corrected chi connectivity index (χ3v) is 9.69. The molecular weight excluding hydrogens is 642 g/mol. The minimum atomic E-state index is -1.05. The molecule has 1 saturated carbocycles. The van der Waals surface area contributed by atoms with Gasteiger partial charge >= 0.3 is 12.2 Å². The van der Waals surface area contributed by atoms with Crippen LogP contribution in [-0.2, 0) is 35.3 Å². The molecule has 5 amide bonds. The van der Waals surface area contributed by atoms with Gasteiger partial charge in [-0.3, -0.25) is 19.2 Å². The standard InChI is InChI=1S/C37H55N5O8/c1-10-15-25(29(43)32(45)38-18-11-2)39-31(44)28-27-24(37(27,8)9)19-42(28)33(46)30(36(5,6)7)41-34(47)40-26(22(3)4)21-50-35(48)49-20-23-16-13-12-14-17-23/h11-14,16-17,22,24-28,30H,2,10,15,18-21H2,1,3-9H3,(H,38,45)(H,39,44)(H2,40,41,47)/t24-,25?,26+,27-,28-,30+/m0/s1. The van der Waals surface area contributed by atoms with Gasteiger partial charge < -0.3 is 35.6 Å². The molecule has 1 unspecified atom stereocenters. The van der Waals surface area contributed by atoms with Gasteiger partial charge in [-0.1, -0.05) is 98.2 Å². The van der Waals surface area contributed by atoms with E-state index in [1.54, 1.807) is 0 Å². The molecule has 1 aliphatic heterocycles. The van der Waals surface area contributed by atoms with Gasteiger partial charge in [-0.2, -0.15) is 0 Å². The number of carbonyl (C=O) groups excluding carboxylic acids is 6. The van der Waals surface area contributed by atoms with Crippen LogP contribution in [0.15, 0.2) is 43.0 Å². The monoisotopic (exact) mass is 697 g/mol. The van der Waals surface area contributed by atoms with Crippen LogP contribution < -0.4 is 21.3 Å². The van der Waals surface area contributed by atoms with Crippen molar-refractivity contribution in [1.82, 2.24) is 26.2 Å². The summed E-state index contributed by atoms with van der Waals surface area (Å²) in [5.41, 5.74) is -0.161. The maximum absolute atomic E-state index is 14.3. The Kier molecular flexibility index (Phi) is 13.6. The van der Waals surface area contributed by atoms with Crippen molar-refractivity contribution in [3.8, 4) is 0 Å². The average molecular weight is 698 g/mol. The molecule has 6 atom stereocenters. The minimum absolute atomic E-state index is 0.0460. The lowest BCUT2D eigenvalue weighted by Crippen LogP contribution is -2.62. The van der Waals surface area contributed by atoms with Crippen LogP contribution in [0.5, 0.6) is 0 Å². The van der Waals surface area contributed by atoms with E-state index in [-0.39, 0.29) is 49.3 Å². The molecule has 2 aliphatic rings. The van der Waals surface area contributed by atoms with E-state index in [0.717, 1.165) is 5.56 Å². The largest absolute Gasteiger partial charge is 0.508 e. The number of hydrogen-bond acceptors (Lipinski definition) is 8. The van der Waals surface area contributed by atoms with Gasteiger partial charge in [0, 0.05) is 13.1 Å². The predicted octanol–water partition coefficient (Wildman–Crippen LogP) is 3.72. The maximum atomic E-state index is 14.3. The topological polar surface area (TPSA) is 172 Å². The first-order valence-corrected chi connectivity index (χ1v) is 17.4. The molecule has 1 aliphatic carbocycles. The van der Waals surface area contributed by atoms with Gasteiger partial charge in [0.25, 0.3) is 5.91 Å². The molecule has 1 aromatic carbocycles. The van der Waals surface area contributed by atoms with E-state index < -0.39 is 65.3 Å². The highest BCUT2D eigenvalue weighted by Crippen LogP contribution is 2.65. The number of amides is 5. The first-order chi connectivity index (χ1) is 23.4. The van der Waals surface area contributed by atoms with Crippen LogP contribution in [0.1, 0.15) is 73.8 Å². The zero-order valence-electron chi connectivity index (χ0n) is 30.7. The molecule has 1 aromatic rings. The first-order valence-electron chi connectivity index (χ1n) is 17.4. The zero-order chi connectivity index (χ0) is 37.4. The molecule has 3 rings (SSSR count). The summed E-state index contributed by atoms with van der Waals surface area (Å²) >= 11 is 0. The molecular formula is C37H55N5O8. The summed E-state index contributed by atoms with van der Waals surface area (Å²) in [5, 5.41) is 10.9.